The Hall–Kier alpha value is -3.21. The highest BCUT2D eigenvalue weighted by atomic mass is 16.5. The molecule has 0 atom stereocenters. The van der Waals surface area contributed by atoms with Crippen molar-refractivity contribution in [2.75, 3.05) is 7.11 Å². The molecule has 130 valence electrons. The molecule has 1 aromatic heterocycles. The monoisotopic (exact) mass is 344 g/mol. The maximum absolute atomic E-state index is 5.25. The average Bonchev–Trinajstić information content (AvgIpc) is 2.89. The Kier molecular flexibility index (Phi) is 4.13. The fourth-order valence-corrected chi connectivity index (χ4v) is 3.21. The summed E-state index contributed by atoms with van der Waals surface area (Å²) in [6.07, 6.45) is 0.717. The predicted molar refractivity (Wildman–Crippen MR) is 103 cm³/mol. The van der Waals surface area contributed by atoms with E-state index in [1.54, 1.807) is 7.11 Å². The van der Waals surface area contributed by atoms with E-state index in [1.807, 2.05) is 54.9 Å². The van der Waals surface area contributed by atoms with Crippen molar-refractivity contribution in [3.63, 3.8) is 0 Å². The first-order valence-corrected chi connectivity index (χ1v) is 8.56. The van der Waals surface area contributed by atoms with Crippen molar-refractivity contribution in [3.05, 3.63) is 82.7 Å². The highest BCUT2D eigenvalue weighted by Crippen LogP contribution is 2.21. The maximum Gasteiger partial charge on any atom is 0.183 e. The van der Waals surface area contributed by atoms with E-state index in [-0.39, 0.29) is 0 Å². The van der Waals surface area contributed by atoms with Crippen molar-refractivity contribution in [3.8, 4) is 5.75 Å². The van der Waals surface area contributed by atoms with Gasteiger partial charge in [-0.3, -0.25) is 0 Å². The zero-order chi connectivity index (χ0) is 18.1. The summed E-state index contributed by atoms with van der Waals surface area (Å²) < 4.78 is 7.12. The quantitative estimate of drug-likeness (QED) is 0.711. The summed E-state index contributed by atoms with van der Waals surface area (Å²) in [7, 11) is 1.67. The third kappa shape index (κ3) is 2.92. The van der Waals surface area contributed by atoms with Gasteiger partial charge in [0.2, 0.25) is 0 Å². The minimum absolute atomic E-state index is 0.717. The first kappa shape index (κ1) is 16.3. The molecule has 0 saturated carbocycles. The molecule has 26 heavy (non-hydrogen) atoms. The molecule has 0 fully saturated rings. The van der Waals surface area contributed by atoms with Crippen LogP contribution in [0.5, 0.6) is 5.75 Å². The standard InChI is InChI=1S/C21H20N4O/c1-14-12-15(2)25(24-14)21-19-7-5-4-6-17(19)13-20(22-23-21)16-8-10-18(26-3)11-9-16/h4-12H,13H2,1-3H3. The minimum Gasteiger partial charge on any atom is -0.497 e. The van der Waals surface area contributed by atoms with Crippen LogP contribution < -0.4 is 4.74 Å². The normalized spacial score (nSPS) is 13.5. The fraction of sp³-hybridized carbons (Fsp3) is 0.190. The van der Waals surface area contributed by atoms with Crippen molar-refractivity contribution in [2.45, 2.75) is 20.3 Å². The van der Waals surface area contributed by atoms with Crippen molar-refractivity contribution in [1.29, 1.82) is 0 Å². The molecular formula is C21H20N4O. The van der Waals surface area contributed by atoms with Gasteiger partial charge in [-0.25, -0.2) is 4.68 Å². The number of ether oxygens (including phenoxy) is 1. The van der Waals surface area contributed by atoms with E-state index in [4.69, 9.17) is 4.74 Å². The lowest BCUT2D eigenvalue weighted by atomic mass is 9.98. The van der Waals surface area contributed by atoms with Gasteiger partial charge < -0.3 is 4.74 Å². The molecule has 2 heterocycles. The Labute approximate surface area is 152 Å². The summed E-state index contributed by atoms with van der Waals surface area (Å²) in [5.41, 5.74) is 6.22. The number of aromatic nitrogens is 2. The van der Waals surface area contributed by atoms with Gasteiger partial charge in [0, 0.05) is 17.7 Å². The molecule has 0 spiro atoms. The van der Waals surface area contributed by atoms with Gasteiger partial charge in [0.1, 0.15) is 5.75 Å². The van der Waals surface area contributed by atoms with E-state index >= 15 is 0 Å². The molecule has 0 bridgehead atoms. The third-order valence-electron chi connectivity index (χ3n) is 4.52. The molecule has 0 amide bonds. The molecule has 3 aromatic rings. The summed E-state index contributed by atoms with van der Waals surface area (Å²) in [6.45, 7) is 4.02. The molecule has 4 rings (SSSR count). The zero-order valence-corrected chi connectivity index (χ0v) is 15.1. The number of methoxy groups -OCH3 is 1. The third-order valence-corrected chi connectivity index (χ3v) is 4.52. The van der Waals surface area contributed by atoms with Crippen LogP contribution in [0.2, 0.25) is 0 Å². The number of hydrogen-bond donors (Lipinski definition) is 0. The van der Waals surface area contributed by atoms with Crippen molar-refractivity contribution in [1.82, 2.24) is 9.78 Å². The number of fused-ring (bicyclic) bond motifs is 1. The van der Waals surface area contributed by atoms with Crippen LogP contribution in [0.1, 0.15) is 28.1 Å². The first-order chi connectivity index (χ1) is 12.7. The van der Waals surface area contributed by atoms with Crippen molar-refractivity contribution < 1.29 is 4.74 Å². The fourth-order valence-electron chi connectivity index (χ4n) is 3.21. The Bertz CT molecular complexity index is 1010. The van der Waals surface area contributed by atoms with Gasteiger partial charge in [-0.05, 0) is 55.3 Å². The Morgan fingerprint density at radius 3 is 2.42 bits per heavy atom. The van der Waals surface area contributed by atoms with E-state index in [9.17, 15) is 0 Å². The summed E-state index contributed by atoms with van der Waals surface area (Å²) in [5, 5.41) is 13.8. The van der Waals surface area contributed by atoms with Crippen molar-refractivity contribution >= 4 is 11.5 Å². The largest absolute Gasteiger partial charge is 0.497 e. The SMILES string of the molecule is COc1ccc(C2=NN=C(n3nc(C)cc3C)c3ccccc3C2)cc1. The zero-order valence-electron chi connectivity index (χ0n) is 15.1. The van der Waals surface area contributed by atoms with Crippen LogP contribution in [0, 0.1) is 13.8 Å². The topological polar surface area (TPSA) is 51.8 Å². The lowest BCUT2D eigenvalue weighted by Gasteiger charge is -2.10. The van der Waals surface area contributed by atoms with Gasteiger partial charge in [-0.2, -0.15) is 10.2 Å². The molecule has 0 aliphatic carbocycles. The molecular weight excluding hydrogens is 324 g/mol. The summed E-state index contributed by atoms with van der Waals surface area (Å²) in [6, 6.07) is 18.3. The van der Waals surface area contributed by atoms with Gasteiger partial charge in [0.05, 0.1) is 18.5 Å². The second-order valence-corrected chi connectivity index (χ2v) is 6.37. The molecule has 2 aromatic carbocycles. The maximum atomic E-state index is 5.25. The first-order valence-electron chi connectivity index (χ1n) is 8.56. The van der Waals surface area contributed by atoms with E-state index in [0.29, 0.717) is 0 Å². The predicted octanol–water partition coefficient (Wildman–Crippen LogP) is 3.76. The molecule has 5 nitrogen and oxygen atoms in total. The van der Waals surface area contributed by atoms with Gasteiger partial charge >= 0.3 is 0 Å². The number of hydrogen-bond acceptors (Lipinski definition) is 4. The van der Waals surface area contributed by atoms with Crippen LogP contribution in [0.4, 0.5) is 0 Å². The lowest BCUT2D eigenvalue weighted by molar-refractivity contribution is 0.415. The summed E-state index contributed by atoms with van der Waals surface area (Å²) in [5.74, 6) is 1.59. The highest BCUT2D eigenvalue weighted by Gasteiger charge is 2.19. The summed E-state index contributed by atoms with van der Waals surface area (Å²) >= 11 is 0. The Morgan fingerprint density at radius 1 is 0.962 bits per heavy atom. The molecule has 1 aliphatic heterocycles. The van der Waals surface area contributed by atoms with E-state index in [0.717, 1.165) is 46.2 Å². The van der Waals surface area contributed by atoms with Gasteiger partial charge in [0.15, 0.2) is 5.84 Å². The van der Waals surface area contributed by atoms with Crippen molar-refractivity contribution in [2.24, 2.45) is 10.2 Å². The van der Waals surface area contributed by atoms with Crippen LogP contribution in [0.25, 0.3) is 0 Å². The Morgan fingerprint density at radius 2 is 1.73 bits per heavy atom. The van der Waals surface area contributed by atoms with Crippen LogP contribution >= 0.6 is 0 Å². The van der Waals surface area contributed by atoms with E-state index in [2.05, 4.69) is 33.5 Å². The van der Waals surface area contributed by atoms with Gasteiger partial charge in [-0.15, -0.1) is 5.10 Å². The second kappa shape index (κ2) is 6.59. The molecule has 0 N–H and O–H groups in total. The van der Waals surface area contributed by atoms with Crippen LogP contribution in [0.15, 0.2) is 64.8 Å². The summed E-state index contributed by atoms with van der Waals surface area (Å²) in [4.78, 5) is 0. The smallest absolute Gasteiger partial charge is 0.183 e. The van der Waals surface area contributed by atoms with E-state index < -0.39 is 0 Å². The van der Waals surface area contributed by atoms with Gasteiger partial charge in [-0.1, -0.05) is 24.3 Å². The van der Waals surface area contributed by atoms with E-state index in [1.165, 1.54) is 5.56 Å². The lowest BCUT2D eigenvalue weighted by Crippen LogP contribution is -2.17. The molecule has 0 unspecified atom stereocenters. The average molecular weight is 344 g/mol. The van der Waals surface area contributed by atoms with Gasteiger partial charge in [0.25, 0.3) is 0 Å². The molecule has 0 saturated heterocycles. The van der Waals surface area contributed by atoms with Crippen LogP contribution in [0.3, 0.4) is 0 Å². The van der Waals surface area contributed by atoms with Crippen LogP contribution in [-0.4, -0.2) is 28.4 Å². The molecule has 0 radical (unpaired) electrons. The number of benzene rings is 2. The number of nitrogens with zero attached hydrogens (tertiary/aromatic N) is 4. The number of aryl methyl sites for hydroxylation is 2. The van der Waals surface area contributed by atoms with Crippen LogP contribution in [-0.2, 0) is 6.42 Å². The Balaban J connectivity index is 1.84. The molecule has 5 heteroatoms. The second-order valence-electron chi connectivity index (χ2n) is 6.37. The highest BCUT2D eigenvalue weighted by molar-refractivity contribution is 6.08. The minimum atomic E-state index is 0.717. The molecule has 1 aliphatic rings. The number of rotatable bonds is 2.